The monoisotopic (exact) mass is 392 g/mol. The van der Waals surface area contributed by atoms with E-state index in [9.17, 15) is 4.79 Å². The molecule has 2 N–H and O–H groups in total. The Morgan fingerprint density at radius 3 is 2.40 bits per heavy atom. The maximum Gasteiger partial charge on any atom is 0.257 e. The number of anilines is 1. The summed E-state index contributed by atoms with van der Waals surface area (Å²) < 4.78 is 0. The van der Waals surface area contributed by atoms with Crippen molar-refractivity contribution in [3.8, 4) is 11.5 Å². The molecule has 3 aromatic carbocycles. The number of aromatic amines is 1. The zero-order valence-electron chi connectivity index (χ0n) is 16.7. The van der Waals surface area contributed by atoms with Crippen molar-refractivity contribution in [3.63, 3.8) is 0 Å². The molecule has 0 atom stereocenters. The van der Waals surface area contributed by atoms with Gasteiger partial charge in [0.1, 0.15) is 5.69 Å². The average Bonchev–Trinajstić information content (AvgIpc) is 3.20. The molecule has 2 aromatic heterocycles. The number of carbonyl (C=O) groups excluding carboxylic acids is 1. The molecule has 0 aliphatic rings. The highest BCUT2D eigenvalue weighted by Gasteiger charge is 2.15. The van der Waals surface area contributed by atoms with E-state index in [2.05, 4.69) is 15.3 Å². The van der Waals surface area contributed by atoms with Gasteiger partial charge in [-0.25, -0.2) is 9.97 Å². The lowest BCUT2D eigenvalue weighted by Gasteiger charge is -2.12. The number of aryl methyl sites for hydroxylation is 2. The van der Waals surface area contributed by atoms with E-state index in [0.29, 0.717) is 22.6 Å². The van der Waals surface area contributed by atoms with E-state index in [4.69, 9.17) is 4.98 Å². The van der Waals surface area contributed by atoms with Crippen molar-refractivity contribution in [1.29, 1.82) is 0 Å². The number of H-pyrrole nitrogens is 1. The van der Waals surface area contributed by atoms with Crippen molar-refractivity contribution in [1.82, 2.24) is 15.0 Å². The Hall–Kier alpha value is -3.99. The summed E-state index contributed by atoms with van der Waals surface area (Å²) in [6.07, 6.45) is 0. The van der Waals surface area contributed by atoms with Crippen molar-refractivity contribution in [2.75, 3.05) is 5.32 Å². The molecule has 0 unspecified atom stereocenters. The minimum atomic E-state index is -0.174. The van der Waals surface area contributed by atoms with E-state index in [1.807, 2.05) is 80.6 Å². The number of nitrogens with one attached hydrogen (secondary N) is 2. The van der Waals surface area contributed by atoms with Crippen LogP contribution in [0.15, 0.2) is 72.8 Å². The number of hydrogen-bond donors (Lipinski definition) is 2. The zero-order valence-corrected chi connectivity index (χ0v) is 16.7. The minimum absolute atomic E-state index is 0.174. The van der Waals surface area contributed by atoms with Gasteiger partial charge in [-0.05, 0) is 49.2 Å². The second kappa shape index (κ2) is 7.12. The summed E-state index contributed by atoms with van der Waals surface area (Å²) in [6, 6.07) is 23.4. The van der Waals surface area contributed by atoms with Crippen molar-refractivity contribution in [3.05, 3.63) is 89.5 Å². The number of fused-ring (bicyclic) bond motifs is 2. The number of imidazole rings is 1. The largest absolute Gasteiger partial charge is 0.337 e. The number of aromatic nitrogens is 3. The molecular formula is C25H20N4O. The van der Waals surface area contributed by atoms with E-state index in [0.717, 1.165) is 33.2 Å². The molecule has 0 aliphatic heterocycles. The van der Waals surface area contributed by atoms with Gasteiger partial charge in [0.05, 0.1) is 22.1 Å². The molecule has 5 nitrogen and oxygen atoms in total. The molecule has 0 radical (unpaired) electrons. The second-order valence-electron chi connectivity index (χ2n) is 7.40. The number of carbonyl (C=O) groups is 1. The topological polar surface area (TPSA) is 70.7 Å². The predicted octanol–water partition coefficient (Wildman–Crippen LogP) is 5.65. The van der Waals surface area contributed by atoms with Crippen molar-refractivity contribution in [2.45, 2.75) is 13.8 Å². The second-order valence-corrected chi connectivity index (χ2v) is 7.40. The maximum atomic E-state index is 13.1. The van der Waals surface area contributed by atoms with E-state index in [1.165, 1.54) is 0 Å². The first-order valence-electron chi connectivity index (χ1n) is 9.82. The van der Waals surface area contributed by atoms with Crippen LogP contribution in [0.5, 0.6) is 0 Å². The van der Waals surface area contributed by atoms with Gasteiger partial charge < -0.3 is 10.3 Å². The fourth-order valence-corrected chi connectivity index (χ4v) is 3.73. The number of amides is 1. The van der Waals surface area contributed by atoms with Crippen molar-refractivity contribution < 1.29 is 4.79 Å². The summed E-state index contributed by atoms with van der Waals surface area (Å²) in [5.41, 5.74) is 6.62. The molecule has 2 heterocycles. The first kappa shape index (κ1) is 18.1. The summed E-state index contributed by atoms with van der Waals surface area (Å²) in [6.45, 7) is 3.98. The summed E-state index contributed by atoms with van der Waals surface area (Å²) in [5, 5.41) is 3.97. The summed E-state index contributed by atoms with van der Waals surface area (Å²) in [4.78, 5) is 25.9. The average molecular weight is 392 g/mol. The number of hydrogen-bond acceptors (Lipinski definition) is 3. The molecule has 5 aromatic rings. The van der Waals surface area contributed by atoms with Gasteiger partial charge in [-0.2, -0.15) is 0 Å². The first-order chi connectivity index (χ1) is 14.6. The molecule has 0 fully saturated rings. The van der Waals surface area contributed by atoms with Crippen LogP contribution in [0.3, 0.4) is 0 Å². The van der Waals surface area contributed by atoms with Crippen LogP contribution in [0.1, 0.15) is 21.5 Å². The van der Waals surface area contributed by atoms with E-state index in [1.54, 1.807) is 6.07 Å². The smallest absolute Gasteiger partial charge is 0.257 e. The van der Waals surface area contributed by atoms with Crippen LogP contribution >= 0.6 is 0 Å². The molecular weight excluding hydrogens is 372 g/mol. The lowest BCUT2D eigenvalue weighted by molar-refractivity contribution is 0.102. The van der Waals surface area contributed by atoms with Crippen LogP contribution in [-0.2, 0) is 0 Å². The standard InChI is InChI=1S/C25H20N4O/c1-15-7-5-8-16(2)22(15)29-25(30)18-10-6-9-17-13-14-21(26-23(17)18)24-27-19-11-3-4-12-20(19)28-24/h3-14H,1-2H3,(H,27,28)(H,29,30). The van der Waals surface area contributed by atoms with Gasteiger partial charge in [0.25, 0.3) is 5.91 Å². The Morgan fingerprint density at radius 2 is 1.60 bits per heavy atom. The lowest BCUT2D eigenvalue weighted by Crippen LogP contribution is -2.14. The van der Waals surface area contributed by atoms with Crippen LogP contribution in [0.25, 0.3) is 33.5 Å². The Balaban J connectivity index is 1.58. The number of pyridine rings is 1. The summed E-state index contributed by atoms with van der Waals surface area (Å²) in [7, 11) is 0. The Bertz CT molecular complexity index is 1360. The highest BCUT2D eigenvalue weighted by Crippen LogP contribution is 2.25. The highest BCUT2D eigenvalue weighted by molar-refractivity contribution is 6.12. The predicted molar refractivity (Wildman–Crippen MR) is 121 cm³/mol. The van der Waals surface area contributed by atoms with E-state index < -0.39 is 0 Å². The summed E-state index contributed by atoms with van der Waals surface area (Å²) in [5.74, 6) is 0.510. The normalized spacial score (nSPS) is 11.1. The van der Waals surface area contributed by atoms with Gasteiger partial charge in [-0.1, -0.05) is 48.5 Å². The van der Waals surface area contributed by atoms with E-state index >= 15 is 0 Å². The van der Waals surface area contributed by atoms with Gasteiger partial charge in [-0.3, -0.25) is 4.79 Å². The third-order valence-corrected chi connectivity index (χ3v) is 5.32. The molecule has 5 rings (SSSR count). The molecule has 0 spiro atoms. The summed E-state index contributed by atoms with van der Waals surface area (Å²) >= 11 is 0. The third kappa shape index (κ3) is 3.10. The van der Waals surface area contributed by atoms with Gasteiger partial charge in [0, 0.05) is 11.1 Å². The van der Waals surface area contributed by atoms with Gasteiger partial charge in [-0.15, -0.1) is 0 Å². The van der Waals surface area contributed by atoms with Gasteiger partial charge in [0.15, 0.2) is 5.82 Å². The highest BCUT2D eigenvalue weighted by atomic mass is 16.1. The fraction of sp³-hybridized carbons (Fsp3) is 0.0800. The number of benzene rings is 3. The Kier molecular flexibility index (Phi) is 4.29. The van der Waals surface area contributed by atoms with Crippen LogP contribution in [0, 0.1) is 13.8 Å². The lowest BCUT2D eigenvalue weighted by atomic mass is 10.1. The molecule has 0 saturated carbocycles. The van der Waals surface area contributed by atoms with Gasteiger partial charge >= 0.3 is 0 Å². The zero-order chi connectivity index (χ0) is 20.7. The Morgan fingerprint density at radius 1 is 0.833 bits per heavy atom. The molecule has 0 bridgehead atoms. The first-order valence-corrected chi connectivity index (χ1v) is 9.82. The quantitative estimate of drug-likeness (QED) is 0.417. The maximum absolute atomic E-state index is 13.1. The minimum Gasteiger partial charge on any atom is -0.337 e. The molecule has 146 valence electrons. The van der Waals surface area contributed by atoms with Crippen LogP contribution in [0.2, 0.25) is 0 Å². The SMILES string of the molecule is Cc1cccc(C)c1NC(=O)c1cccc2ccc(-c3nc4ccccc4[nH]3)nc12. The molecule has 5 heteroatoms. The fourth-order valence-electron chi connectivity index (χ4n) is 3.73. The van der Waals surface area contributed by atoms with Crippen LogP contribution < -0.4 is 5.32 Å². The third-order valence-electron chi connectivity index (χ3n) is 5.32. The van der Waals surface area contributed by atoms with Crippen LogP contribution in [0.4, 0.5) is 5.69 Å². The Labute approximate surface area is 173 Å². The van der Waals surface area contributed by atoms with Gasteiger partial charge in [0.2, 0.25) is 0 Å². The molecule has 0 aliphatic carbocycles. The molecule has 30 heavy (non-hydrogen) atoms. The van der Waals surface area contributed by atoms with Crippen molar-refractivity contribution >= 4 is 33.5 Å². The number of nitrogens with zero attached hydrogens (tertiary/aromatic N) is 2. The van der Waals surface area contributed by atoms with Crippen LogP contribution in [-0.4, -0.2) is 20.9 Å². The van der Waals surface area contributed by atoms with Crippen molar-refractivity contribution in [2.24, 2.45) is 0 Å². The number of rotatable bonds is 3. The molecule has 0 saturated heterocycles. The number of para-hydroxylation sites is 4. The van der Waals surface area contributed by atoms with E-state index in [-0.39, 0.29) is 5.91 Å². The molecule has 1 amide bonds.